The molecule has 1 atom stereocenters. The maximum absolute atomic E-state index is 12.6. The molecule has 0 aromatic heterocycles. The van der Waals surface area contributed by atoms with E-state index in [4.69, 9.17) is 5.11 Å². The van der Waals surface area contributed by atoms with Gasteiger partial charge < -0.3 is 10.0 Å². The molecule has 1 fully saturated rings. The third kappa shape index (κ3) is 3.42. The Hall–Kier alpha value is -1.44. The number of hydrogen-bond donors (Lipinski definition) is 1. The number of rotatable bonds is 4. The summed E-state index contributed by atoms with van der Waals surface area (Å²) in [7, 11) is 0.337. The number of hydrogen-bond acceptors (Lipinski definition) is 4. The fraction of sp³-hybridized carbons (Fsp3) is 0.500. The van der Waals surface area contributed by atoms with Crippen molar-refractivity contribution in [2.75, 3.05) is 27.2 Å². The lowest BCUT2D eigenvalue weighted by Gasteiger charge is -2.35. The van der Waals surface area contributed by atoms with Crippen LogP contribution in [-0.2, 0) is 10.0 Å². The lowest BCUT2D eigenvalue weighted by Crippen LogP contribution is -2.47. The number of carboxylic acid groups (broad SMARTS) is 1. The Morgan fingerprint density at radius 3 is 2.43 bits per heavy atom. The molecule has 0 spiro atoms. The van der Waals surface area contributed by atoms with Gasteiger partial charge in [-0.3, -0.25) is 0 Å². The molecule has 0 saturated carbocycles. The molecule has 116 valence electrons. The Morgan fingerprint density at radius 2 is 1.90 bits per heavy atom. The lowest BCUT2D eigenvalue weighted by atomic mass is 10.1. The Bertz CT molecular complexity index is 610. The summed E-state index contributed by atoms with van der Waals surface area (Å²) in [6.07, 6.45) is 1.81. The number of sulfonamides is 1. The molecule has 1 unspecified atom stereocenters. The number of carboxylic acids is 1. The van der Waals surface area contributed by atoms with Crippen LogP contribution in [0.15, 0.2) is 29.2 Å². The van der Waals surface area contributed by atoms with Gasteiger partial charge in [0.25, 0.3) is 0 Å². The standard InChI is InChI=1S/C14H20N2O4S/c1-15(2)12-4-3-9-16(10-12)21(19,20)13-7-5-11(6-8-13)14(17)18/h5-8,12H,3-4,9-10H2,1-2H3,(H,17,18). The van der Waals surface area contributed by atoms with E-state index in [1.54, 1.807) is 0 Å². The summed E-state index contributed by atoms with van der Waals surface area (Å²) in [6.45, 7) is 0.976. The summed E-state index contributed by atoms with van der Waals surface area (Å²) in [6, 6.07) is 5.58. The largest absolute Gasteiger partial charge is 0.478 e. The highest BCUT2D eigenvalue weighted by atomic mass is 32.2. The molecule has 0 amide bonds. The van der Waals surface area contributed by atoms with Gasteiger partial charge in [0.05, 0.1) is 10.5 Å². The zero-order chi connectivity index (χ0) is 15.6. The molecule has 21 heavy (non-hydrogen) atoms. The van der Waals surface area contributed by atoms with Crippen molar-refractivity contribution in [2.45, 2.75) is 23.8 Å². The SMILES string of the molecule is CN(C)C1CCCN(S(=O)(=O)c2ccc(C(=O)O)cc2)C1. The molecule has 1 aromatic carbocycles. The van der Waals surface area contributed by atoms with Crippen molar-refractivity contribution in [3.05, 3.63) is 29.8 Å². The van der Waals surface area contributed by atoms with Crippen LogP contribution in [0.3, 0.4) is 0 Å². The van der Waals surface area contributed by atoms with Crippen LogP contribution in [0, 0.1) is 0 Å². The van der Waals surface area contributed by atoms with Crippen LogP contribution in [0.2, 0.25) is 0 Å². The Morgan fingerprint density at radius 1 is 1.29 bits per heavy atom. The van der Waals surface area contributed by atoms with Crippen molar-refractivity contribution < 1.29 is 18.3 Å². The zero-order valence-corrected chi connectivity index (χ0v) is 13.0. The molecule has 1 saturated heterocycles. The first-order valence-electron chi connectivity index (χ1n) is 6.82. The highest BCUT2D eigenvalue weighted by Gasteiger charge is 2.31. The minimum absolute atomic E-state index is 0.0822. The summed E-state index contributed by atoms with van der Waals surface area (Å²) in [5, 5.41) is 8.86. The quantitative estimate of drug-likeness (QED) is 0.901. The van der Waals surface area contributed by atoms with Gasteiger partial charge >= 0.3 is 5.97 Å². The van der Waals surface area contributed by atoms with Crippen LogP contribution >= 0.6 is 0 Å². The minimum atomic E-state index is -3.56. The third-order valence-electron chi connectivity index (χ3n) is 3.83. The minimum Gasteiger partial charge on any atom is -0.478 e. The van der Waals surface area contributed by atoms with Crippen LogP contribution < -0.4 is 0 Å². The van der Waals surface area contributed by atoms with E-state index in [0.29, 0.717) is 13.1 Å². The van der Waals surface area contributed by atoms with Gasteiger partial charge in [-0.1, -0.05) is 0 Å². The van der Waals surface area contributed by atoms with Crippen LogP contribution in [0.25, 0.3) is 0 Å². The van der Waals surface area contributed by atoms with Crippen molar-refractivity contribution in [3.8, 4) is 0 Å². The third-order valence-corrected chi connectivity index (χ3v) is 5.71. The average Bonchev–Trinajstić information content (AvgIpc) is 2.47. The van der Waals surface area contributed by atoms with Crippen LogP contribution in [0.1, 0.15) is 23.2 Å². The van der Waals surface area contributed by atoms with Gasteiger partial charge in [-0.05, 0) is 51.2 Å². The van der Waals surface area contributed by atoms with Crippen molar-refractivity contribution in [3.63, 3.8) is 0 Å². The number of nitrogens with zero attached hydrogens (tertiary/aromatic N) is 2. The monoisotopic (exact) mass is 312 g/mol. The maximum atomic E-state index is 12.6. The van der Waals surface area contributed by atoms with Gasteiger partial charge in [-0.15, -0.1) is 0 Å². The number of piperidine rings is 1. The molecule has 0 bridgehead atoms. The molecular weight excluding hydrogens is 292 g/mol. The van der Waals surface area contributed by atoms with E-state index in [0.717, 1.165) is 12.8 Å². The molecular formula is C14H20N2O4S. The van der Waals surface area contributed by atoms with Crippen molar-refractivity contribution in [1.29, 1.82) is 0 Å². The molecule has 2 rings (SSSR count). The zero-order valence-electron chi connectivity index (χ0n) is 12.2. The van der Waals surface area contributed by atoms with Gasteiger partial charge in [0.1, 0.15) is 0 Å². The number of carbonyl (C=O) groups is 1. The van der Waals surface area contributed by atoms with Crippen molar-refractivity contribution >= 4 is 16.0 Å². The average molecular weight is 312 g/mol. The number of aromatic carboxylic acids is 1. The summed E-state index contributed by atoms with van der Waals surface area (Å²) in [4.78, 5) is 13.0. The number of benzene rings is 1. The van der Waals surface area contributed by atoms with E-state index >= 15 is 0 Å². The van der Waals surface area contributed by atoms with E-state index in [9.17, 15) is 13.2 Å². The second-order valence-electron chi connectivity index (χ2n) is 5.45. The van der Waals surface area contributed by atoms with Crippen LogP contribution in [0.5, 0.6) is 0 Å². The summed E-state index contributed by atoms with van der Waals surface area (Å²) >= 11 is 0. The van der Waals surface area contributed by atoms with E-state index in [-0.39, 0.29) is 16.5 Å². The summed E-state index contributed by atoms with van der Waals surface area (Å²) in [5.41, 5.74) is 0.0822. The van der Waals surface area contributed by atoms with Gasteiger partial charge in [-0.2, -0.15) is 4.31 Å². The van der Waals surface area contributed by atoms with E-state index in [1.807, 2.05) is 19.0 Å². The van der Waals surface area contributed by atoms with Crippen molar-refractivity contribution in [2.24, 2.45) is 0 Å². The van der Waals surface area contributed by atoms with Gasteiger partial charge in [0.15, 0.2) is 0 Å². The second kappa shape index (κ2) is 6.13. The first kappa shape index (κ1) is 15.9. The van der Waals surface area contributed by atoms with E-state index in [2.05, 4.69) is 0 Å². The highest BCUT2D eigenvalue weighted by molar-refractivity contribution is 7.89. The molecule has 1 N–H and O–H groups in total. The Labute approximate surface area is 125 Å². The highest BCUT2D eigenvalue weighted by Crippen LogP contribution is 2.22. The van der Waals surface area contributed by atoms with Gasteiger partial charge in [0, 0.05) is 19.1 Å². The molecule has 0 radical (unpaired) electrons. The first-order chi connectivity index (χ1) is 9.82. The topological polar surface area (TPSA) is 77.9 Å². The molecule has 0 aliphatic carbocycles. The molecule has 1 aliphatic rings. The van der Waals surface area contributed by atoms with E-state index in [1.165, 1.54) is 28.6 Å². The predicted molar refractivity (Wildman–Crippen MR) is 78.9 cm³/mol. The van der Waals surface area contributed by atoms with Crippen LogP contribution in [0.4, 0.5) is 0 Å². The van der Waals surface area contributed by atoms with Gasteiger partial charge in [-0.25, -0.2) is 13.2 Å². The fourth-order valence-electron chi connectivity index (χ4n) is 2.48. The van der Waals surface area contributed by atoms with Gasteiger partial charge in [0.2, 0.25) is 10.0 Å². The van der Waals surface area contributed by atoms with E-state index < -0.39 is 16.0 Å². The number of likely N-dealkylation sites (N-methyl/N-ethyl adjacent to an activating group) is 1. The normalized spacial score (nSPS) is 20.6. The summed E-state index contributed by atoms with van der Waals surface area (Å²) in [5.74, 6) is -1.07. The molecule has 6 nitrogen and oxygen atoms in total. The maximum Gasteiger partial charge on any atom is 0.335 e. The molecule has 1 aromatic rings. The Kier molecular flexibility index (Phi) is 4.65. The predicted octanol–water partition coefficient (Wildman–Crippen LogP) is 1.10. The first-order valence-corrected chi connectivity index (χ1v) is 8.26. The second-order valence-corrected chi connectivity index (χ2v) is 7.39. The molecule has 7 heteroatoms. The molecule has 1 heterocycles. The molecule has 1 aliphatic heterocycles. The smallest absolute Gasteiger partial charge is 0.335 e. The fourth-order valence-corrected chi connectivity index (χ4v) is 4.00. The summed E-state index contributed by atoms with van der Waals surface area (Å²) < 4.78 is 26.7. The van der Waals surface area contributed by atoms with Crippen LogP contribution in [-0.4, -0.2) is 61.9 Å². The van der Waals surface area contributed by atoms with Crippen molar-refractivity contribution in [1.82, 2.24) is 9.21 Å². The lowest BCUT2D eigenvalue weighted by molar-refractivity contribution is 0.0696. The Balaban J connectivity index is 2.22.